The first-order valence-electron chi connectivity index (χ1n) is 5.99. The van der Waals surface area contributed by atoms with Crippen molar-refractivity contribution in [2.24, 2.45) is 5.41 Å². The SMILES string of the molecule is CC(NS(=O)(=O)c1ccc(CO)cc1F)C(C)(C)C. The van der Waals surface area contributed by atoms with E-state index in [4.69, 9.17) is 5.11 Å². The number of nitrogens with one attached hydrogen (secondary N) is 1. The van der Waals surface area contributed by atoms with E-state index in [1.54, 1.807) is 6.92 Å². The molecule has 0 bridgehead atoms. The van der Waals surface area contributed by atoms with E-state index in [1.807, 2.05) is 20.8 Å². The molecule has 19 heavy (non-hydrogen) atoms. The molecule has 0 amide bonds. The van der Waals surface area contributed by atoms with Gasteiger partial charge in [0, 0.05) is 6.04 Å². The maximum atomic E-state index is 13.7. The summed E-state index contributed by atoms with van der Waals surface area (Å²) in [5.41, 5.74) is 0.0644. The van der Waals surface area contributed by atoms with Crippen molar-refractivity contribution in [1.29, 1.82) is 0 Å². The Morgan fingerprint density at radius 3 is 2.37 bits per heavy atom. The predicted molar refractivity (Wildman–Crippen MR) is 71.6 cm³/mol. The molecule has 1 unspecified atom stereocenters. The highest BCUT2D eigenvalue weighted by molar-refractivity contribution is 7.89. The summed E-state index contributed by atoms with van der Waals surface area (Å²) in [5.74, 6) is -0.861. The Morgan fingerprint density at radius 1 is 1.37 bits per heavy atom. The first kappa shape index (κ1) is 16.1. The van der Waals surface area contributed by atoms with Gasteiger partial charge in [0.25, 0.3) is 0 Å². The lowest BCUT2D eigenvalue weighted by atomic mass is 9.89. The average molecular weight is 289 g/mol. The van der Waals surface area contributed by atoms with Gasteiger partial charge in [-0.25, -0.2) is 17.5 Å². The number of hydrogen-bond acceptors (Lipinski definition) is 3. The minimum Gasteiger partial charge on any atom is -0.392 e. The second kappa shape index (κ2) is 5.56. The van der Waals surface area contributed by atoms with E-state index in [1.165, 1.54) is 12.1 Å². The third-order valence-corrected chi connectivity index (χ3v) is 4.67. The lowest BCUT2D eigenvalue weighted by molar-refractivity contribution is 0.281. The van der Waals surface area contributed by atoms with Crippen molar-refractivity contribution in [2.75, 3.05) is 0 Å². The van der Waals surface area contributed by atoms with E-state index < -0.39 is 20.7 Å². The standard InChI is InChI=1S/C13H20FNO3S/c1-9(13(2,3)4)15-19(17,18)12-6-5-10(8-16)7-11(12)14/h5-7,9,15-16H,8H2,1-4H3. The zero-order valence-corrected chi connectivity index (χ0v) is 12.4. The molecule has 0 heterocycles. The summed E-state index contributed by atoms with van der Waals surface area (Å²) >= 11 is 0. The molecule has 4 nitrogen and oxygen atoms in total. The minimum atomic E-state index is -3.90. The Labute approximate surface area is 113 Å². The van der Waals surface area contributed by atoms with Crippen molar-refractivity contribution in [1.82, 2.24) is 4.72 Å². The van der Waals surface area contributed by atoms with Gasteiger partial charge in [0.05, 0.1) is 6.61 Å². The molecule has 0 aliphatic heterocycles. The van der Waals surface area contributed by atoms with Gasteiger partial charge in [-0.15, -0.1) is 0 Å². The van der Waals surface area contributed by atoms with Crippen LogP contribution in [0.4, 0.5) is 4.39 Å². The summed E-state index contributed by atoms with van der Waals surface area (Å²) in [6, 6.07) is 3.24. The molecule has 0 aromatic heterocycles. The molecule has 0 spiro atoms. The minimum absolute atomic E-state index is 0.269. The third kappa shape index (κ3) is 3.99. The normalized spacial score (nSPS) is 14.4. The van der Waals surface area contributed by atoms with E-state index in [-0.39, 0.29) is 18.1 Å². The smallest absolute Gasteiger partial charge is 0.243 e. The van der Waals surface area contributed by atoms with Crippen molar-refractivity contribution in [2.45, 2.75) is 45.2 Å². The second-order valence-corrected chi connectivity index (χ2v) is 7.31. The Balaban J connectivity index is 3.08. The van der Waals surface area contributed by atoms with Gasteiger partial charge < -0.3 is 5.11 Å². The number of benzene rings is 1. The highest BCUT2D eigenvalue weighted by Gasteiger charge is 2.27. The van der Waals surface area contributed by atoms with E-state index in [0.717, 1.165) is 6.07 Å². The van der Waals surface area contributed by atoms with Crippen LogP contribution in [0.2, 0.25) is 0 Å². The lowest BCUT2D eigenvalue weighted by Crippen LogP contribution is -2.41. The van der Waals surface area contributed by atoms with Crippen molar-refractivity contribution in [3.05, 3.63) is 29.6 Å². The maximum Gasteiger partial charge on any atom is 0.243 e. The average Bonchev–Trinajstić information content (AvgIpc) is 2.26. The van der Waals surface area contributed by atoms with Crippen LogP contribution in [0.15, 0.2) is 23.1 Å². The van der Waals surface area contributed by atoms with Crippen molar-refractivity contribution >= 4 is 10.0 Å². The van der Waals surface area contributed by atoms with Crippen LogP contribution in [0.25, 0.3) is 0 Å². The summed E-state index contributed by atoms with van der Waals surface area (Å²) in [6.07, 6.45) is 0. The summed E-state index contributed by atoms with van der Waals surface area (Å²) in [6.45, 7) is 7.09. The molecule has 0 saturated carbocycles. The van der Waals surface area contributed by atoms with Crippen LogP contribution in [-0.2, 0) is 16.6 Å². The van der Waals surface area contributed by atoms with Gasteiger partial charge >= 0.3 is 0 Å². The van der Waals surface area contributed by atoms with E-state index >= 15 is 0 Å². The number of rotatable bonds is 4. The third-order valence-electron chi connectivity index (χ3n) is 3.10. The Hall–Kier alpha value is -0.980. The molecule has 0 aliphatic rings. The van der Waals surface area contributed by atoms with Crippen LogP contribution in [0, 0.1) is 11.2 Å². The van der Waals surface area contributed by atoms with E-state index in [0.29, 0.717) is 5.56 Å². The van der Waals surface area contributed by atoms with Crippen LogP contribution < -0.4 is 4.72 Å². The van der Waals surface area contributed by atoms with E-state index in [2.05, 4.69) is 4.72 Å². The van der Waals surface area contributed by atoms with Crippen molar-refractivity contribution in [3.63, 3.8) is 0 Å². The molecule has 0 saturated heterocycles. The molecule has 1 atom stereocenters. The van der Waals surface area contributed by atoms with Crippen molar-refractivity contribution < 1.29 is 17.9 Å². The molecule has 0 radical (unpaired) electrons. The number of aliphatic hydroxyl groups excluding tert-OH is 1. The van der Waals surface area contributed by atoms with Gasteiger partial charge in [-0.1, -0.05) is 26.8 Å². The molecular weight excluding hydrogens is 269 g/mol. The van der Waals surface area contributed by atoms with Crippen LogP contribution in [0.3, 0.4) is 0 Å². The molecule has 0 aliphatic carbocycles. The van der Waals surface area contributed by atoms with Crippen LogP contribution in [0.1, 0.15) is 33.3 Å². The van der Waals surface area contributed by atoms with Gasteiger partial charge in [-0.2, -0.15) is 0 Å². The van der Waals surface area contributed by atoms with Gasteiger partial charge in [-0.05, 0) is 30.0 Å². The van der Waals surface area contributed by atoms with Gasteiger partial charge in [0.1, 0.15) is 10.7 Å². The topological polar surface area (TPSA) is 66.4 Å². The van der Waals surface area contributed by atoms with Crippen LogP contribution >= 0.6 is 0 Å². The molecule has 1 aromatic rings. The summed E-state index contributed by atoms with van der Waals surface area (Å²) < 4.78 is 40.4. The molecular formula is C13H20FNO3S. The molecule has 108 valence electrons. The Morgan fingerprint density at radius 2 is 1.95 bits per heavy atom. The zero-order valence-electron chi connectivity index (χ0n) is 11.6. The maximum absolute atomic E-state index is 13.7. The summed E-state index contributed by atoms with van der Waals surface area (Å²) in [5, 5.41) is 8.88. The number of sulfonamides is 1. The zero-order chi connectivity index (χ0) is 14.8. The molecule has 1 aromatic carbocycles. The second-order valence-electron chi connectivity index (χ2n) is 5.63. The summed E-state index contributed by atoms with van der Waals surface area (Å²) in [7, 11) is -3.90. The fourth-order valence-electron chi connectivity index (χ4n) is 1.33. The number of hydrogen-bond donors (Lipinski definition) is 2. The lowest BCUT2D eigenvalue weighted by Gasteiger charge is -2.27. The molecule has 2 N–H and O–H groups in total. The molecule has 1 rings (SSSR count). The first-order valence-corrected chi connectivity index (χ1v) is 7.48. The largest absolute Gasteiger partial charge is 0.392 e. The van der Waals surface area contributed by atoms with E-state index in [9.17, 15) is 12.8 Å². The number of aliphatic hydroxyl groups is 1. The monoisotopic (exact) mass is 289 g/mol. The predicted octanol–water partition coefficient (Wildman–Crippen LogP) is 2.03. The van der Waals surface area contributed by atoms with Crippen molar-refractivity contribution in [3.8, 4) is 0 Å². The Kier molecular flexibility index (Phi) is 4.71. The Bertz CT molecular complexity index is 549. The fourth-order valence-corrected chi connectivity index (χ4v) is 2.84. The fraction of sp³-hybridized carbons (Fsp3) is 0.538. The van der Waals surface area contributed by atoms with Gasteiger partial charge in [0.2, 0.25) is 10.0 Å². The highest BCUT2D eigenvalue weighted by Crippen LogP contribution is 2.22. The van der Waals surface area contributed by atoms with Crippen LogP contribution in [-0.4, -0.2) is 19.6 Å². The molecule has 0 fully saturated rings. The number of halogens is 1. The van der Waals surface area contributed by atoms with Crippen LogP contribution in [0.5, 0.6) is 0 Å². The van der Waals surface area contributed by atoms with Gasteiger partial charge in [-0.3, -0.25) is 0 Å². The quantitative estimate of drug-likeness (QED) is 0.891. The van der Waals surface area contributed by atoms with Gasteiger partial charge in [0.15, 0.2) is 0 Å². The summed E-state index contributed by atoms with van der Waals surface area (Å²) in [4.78, 5) is -0.402. The molecule has 6 heteroatoms. The highest BCUT2D eigenvalue weighted by atomic mass is 32.2. The first-order chi connectivity index (χ1) is 8.58.